The SMILES string of the molecule is C.C#N.CC(=O)O.Cl.Clc1ccccc1CC1(C2(Cl)CC2)CO1.N=CCC(Cl)Cl.N=CN.NNCC(O)(Cc1ccccc1Cl)C1(Cl)CC1.OC(Cc1ccccc1Cl)(Cn1cncn1)C1(Cl)CC1.[Cl-]. The Balaban J connectivity index is 0. The highest BCUT2D eigenvalue weighted by atomic mass is 35.5. The van der Waals surface area contributed by atoms with Gasteiger partial charge in [0.2, 0.25) is 0 Å². The monoisotopic (exact) mass is 1170 g/mol. The summed E-state index contributed by atoms with van der Waals surface area (Å²) in [6, 6.07) is 22.9. The van der Waals surface area contributed by atoms with E-state index >= 15 is 0 Å². The van der Waals surface area contributed by atoms with Crippen LogP contribution >= 0.6 is 105 Å². The number of aromatic nitrogens is 3. The number of nitriles is 1. The van der Waals surface area contributed by atoms with Crippen molar-refractivity contribution in [2.45, 2.75) is 121 Å². The Morgan fingerprint density at radius 3 is 1.56 bits per heavy atom. The predicted molar refractivity (Wildman–Crippen MR) is 286 cm³/mol. The number of hydrazine groups is 1. The van der Waals surface area contributed by atoms with Gasteiger partial charge in [-0.05, 0) is 79.6 Å². The minimum Gasteiger partial charge on any atom is -1.00 e. The van der Waals surface area contributed by atoms with Crippen LogP contribution in [0.2, 0.25) is 15.1 Å². The van der Waals surface area contributed by atoms with E-state index in [-0.39, 0.29) is 49.3 Å². The second-order valence-electron chi connectivity index (χ2n) is 16.0. The number of aliphatic carboxylic acids is 1. The molecule has 24 heteroatoms. The fourth-order valence-electron chi connectivity index (χ4n) is 6.76. The molecule has 3 saturated carbocycles. The molecule has 0 amide bonds. The first-order chi connectivity index (χ1) is 31.6. The lowest BCUT2D eigenvalue weighted by atomic mass is 9.89. The molecule has 8 rings (SSSR count). The van der Waals surface area contributed by atoms with E-state index in [1.54, 1.807) is 17.1 Å². The van der Waals surface area contributed by atoms with Crippen LogP contribution in [-0.2, 0) is 35.3 Å². The lowest BCUT2D eigenvalue weighted by Crippen LogP contribution is -3.00. The first-order valence-corrected chi connectivity index (χ1v) is 23.8. The van der Waals surface area contributed by atoms with Crippen molar-refractivity contribution < 1.29 is 37.3 Å². The summed E-state index contributed by atoms with van der Waals surface area (Å²) >= 11 is 48.1. The molecule has 3 atom stereocenters. The molecule has 3 aliphatic carbocycles. The molecule has 4 aromatic rings. The number of carboxylic acid groups (broad SMARTS) is 1. The largest absolute Gasteiger partial charge is 1.00 e. The molecule has 1 aromatic heterocycles. The van der Waals surface area contributed by atoms with Gasteiger partial charge in [-0.25, -0.2) is 14.9 Å². The summed E-state index contributed by atoms with van der Waals surface area (Å²) in [5, 5.41) is 54.1. The number of epoxide rings is 1. The first kappa shape index (κ1) is 69.7. The van der Waals surface area contributed by atoms with Crippen LogP contribution in [-0.4, -0.2) is 98.0 Å². The zero-order valence-electron chi connectivity index (χ0n) is 37.5. The number of carboxylic acids is 1. The highest BCUT2D eigenvalue weighted by molar-refractivity contribution is 6.44. The van der Waals surface area contributed by atoms with Gasteiger partial charge in [0.05, 0.1) is 34.1 Å². The molecular formula is C46H62Cl10N9O5-. The lowest BCUT2D eigenvalue weighted by molar-refractivity contribution is -0.134. The third kappa shape index (κ3) is 22.0. The van der Waals surface area contributed by atoms with E-state index in [0.717, 1.165) is 86.5 Å². The van der Waals surface area contributed by atoms with Gasteiger partial charge >= 0.3 is 0 Å². The molecule has 10 N–H and O–H groups in total. The van der Waals surface area contributed by atoms with Gasteiger partial charge in [-0.3, -0.25) is 21.5 Å². The minimum absolute atomic E-state index is 0. The van der Waals surface area contributed by atoms with Crippen LogP contribution in [0.1, 0.15) is 76.0 Å². The molecule has 3 unspecified atom stereocenters. The highest BCUT2D eigenvalue weighted by Gasteiger charge is 2.67. The highest BCUT2D eigenvalue weighted by Crippen LogP contribution is 2.60. The fraction of sp³-hybridized carbons (Fsp3) is 0.478. The second kappa shape index (κ2) is 32.7. The van der Waals surface area contributed by atoms with Gasteiger partial charge in [0, 0.05) is 60.8 Å². The van der Waals surface area contributed by atoms with Crippen LogP contribution in [0.25, 0.3) is 0 Å². The average Bonchev–Trinajstić information content (AvgIpc) is 4.14. The fourth-order valence-corrected chi connectivity index (χ4v) is 8.27. The van der Waals surface area contributed by atoms with E-state index in [1.807, 2.05) is 66.7 Å². The molecule has 70 heavy (non-hydrogen) atoms. The Hall–Kier alpha value is -2.40. The van der Waals surface area contributed by atoms with Crippen molar-refractivity contribution in [3.05, 3.63) is 117 Å². The molecule has 4 fully saturated rings. The Morgan fingerprint density at radius 2 is 1.26 bits per heavy atom. The van der Waals surface area contributed by atoms with Gasteiger partial charge in [0.25, 0.3) is 5.97 Å². The number of halogens is 10. The summed E-state index contributed by atoms with van der Waals surface area (Å²) in [6.45, 7) is 5.92. The van der Waals surface area contributed by atoms with E-state index in [9.17, 15) is 10.2 Å². The normalized spacial score (nSPS) is 18.7. The maximum absolute atomic E-state index is 11.1. The minimum atomic E-state index is -1.09. The molecule has 0 bridgehead atoms. The molecule has 14 nitrogen and oxygen atoms in total. The maximum Gasteiger partial charge on any atom is 0.300 e. The summed E-state index contributed by atoms with van der Waals surface area (Å²) < 4.78 is 7.20. The third-order valence-electron chi connectivity index (χ3n) is 10.9. The summed E-state index contributed by atoms with van der Waals surface area (Å²) in [5.74, 6) is 4.50. The summed E-state index contributed by atoms with van der Waals surface area (Å²) in [7, 11) is 0. The molecule has 3 aromatic carbocycles. The number of nitrogens with one attached hydrogen (secondary N) is 3. The quantitative estimate of drug-likeness (QED) is 0.0143. The topological polar surface area (TPSA) is 257 Å². The van der Waals surface area contributed by atoms with Crippen molar-refractivity contribution in [3.63, 3.8) is 0 Å². The number of hydrogen-bond donors (Lipinski definition) is 8. The zero-order chi connectivity index (χ0) is 50.5. The van der Waals surface area contributed by atoms with Crippen molar-refractivity contribution in [2.24, 2.45) is 11.6 Å². The number of aliphatic hydroxyl groups is 2. The number of rotatable bonds is 15. The summed E-state index contributed by atoms with van der Waals surface area (Å²) in [6.07, 6.45) is 12.4. The number of nitrogens with zero attached hydrogens (tertiary/aromatic N) is 4. The van der Waals surface area contributed by atoms with E-state index in [2.05, 4.69) is 27.8 Å². The summed E-state index contributed by atoms with van der Waals surface area (Å²) in [5.41, 5.74) is 7.55. The van der Waals surface area contributed by atoms with Gasteiger partial charge in [-0.15, -0.1) is 70.4 Å². The van der Waals surface area contributed by atoms with Gasteiger partial charge in [-0.1, -0.05) is 96.8 Å². The van der Waals surface area contributed by atoms with Crippen molar-refractivity contribution >= 4 is 124 Å². The van der Waals surface area contributed by atoms with Gasteiger partial charge < -0.3 is 43.6 Å². The third-order valence-corrected chi connectivity index (χ3v) is 14.6. The van der Waals surface area contributed by atoms with E-state index < -0.39 is 31.8 Å². The Morgan fingerprint density at radius 1 is 0.871 bits per heavy atom. The van der Waals surface area contributed by atoms with E-state index in [4.69, 9.17) is 129 Å². The smallest absolute Gasteiger partial charge is 0.300 e. The predicted octanol–water partition coefficient (Wildman–Crippen LogP) is 7.62. The van der Waals surface area contributed by atoms with Gasteiger partial charge in [0.1, 0.15) is 34.3 Å². The van der Waals surface area contributed by atoms with Crippen LogP contribution in [0.4, 0.5) is 0 Å². The van der Waals surface area contributed by atoms with Crippen molar-refractivity contribution in [1.82, 2.24) is 20.2 Å². The van der Waals surface area contributed by atoms with E-state index in [0.29, 0.717) is 35.9 Å². The molecule has 1 aliphatic heterocycles. The van der Waals surface area contributed by atoms with Crippen molar-refractivity contribution in [1.29, 1.82) is 16.1 Å². The Kier molecular flexibility index (Phi) is 32.6. The molecule has 4 aliphatic rings. The summed E-state index contributed by atoms with van der Waals surface area (Å²) in [4.78, 5) is 11.2. The van der Waals surface area contributed by atoms with Crippen LogP contribution in [0.5, 0.6) is 0 Å². The number of benzene rings is 3. The molecular weight excluding hydrogens is 1110 g/mol. The molecule has 0 radical (unpaired) electrons. The molecule has 1 saturated heterocycles. The van der Waals surface area contributed by atoms with Gasteiger partial charge in [0.15, 0.2) is 0 Å². The number of carbonyl (C=O) groups is 1. The lowest BCUT2D eigenvalue weighted by Gasteiger charge is -2.33. The van der Waals surface area contributed by atoms with Crippen LogP contribution in [0.15, 0.2) is 85.5 Å². The average molecular weight is 1180 g/mol. The Labute approximate surface area is 463 Å². The van der Waals surface area contributed by atoms with Crippen LogP contribution in [0.3, 0.4) is 0 Å². The first-order valence-electron chi connectivity index (χ1n) is 20.7. The number of ether oxygens (including phenoxy) is 1. The maximum atomic E-state index is 11.1. The second-order valence-corrected chi connectivity index (χ2v) is 20.7. The van der Waals surface area contributed by atoms with Crippen molar-refractivity contribution in [2.75, 3.05) is 13.2 Å². The zero-order valence-corrected chi connectivity index (χ0v) is 45.1. The molecule has 2 heterocycles. The van der Waals surface area contributed by atoms with Gasteiger partial charge in [-0.2, -0.15) is 5.10 Å². The van der Waals surface area contributed by atoms with Crippen molar-refractivity contribution in [3.8, 4) is 6.57 Å². The number of hydrogen-bond acceptors (Lipinski definition) is 11. The molecule has 392 valence electrons. The number of alkyl halides is 5. The van der Waals surface area contributed by atoms with Crippen LogP contribution in [0, 0.1) is 22.7 Å². The molecule has 0 spiro atoms. The number of nitrogens with two attached hydrogens (primary N) is 2. The Bertz CT molecular complexity index is 2160. The standard InChI is InChI=1S/C14H15Cl2N3O.C12H16Cl2N2O.C12H12Cl2O.C3H5Cl2N.C2H4O2.CH4N2.CHN.CH4.2ClH/c15-12-4-2-1-3-11(12)7-14(20,13(16)5-6-13)8-19-10-17-9-18-19;13-10-4-2-1-3-9(10)7-12(17,8-16-15)11(14)5-6-11;13-10-4-2-1-3-9(10)7-12(8-15-12)11(14)5-6-11;4-3(5)1-2-6;1-2(3)4;2-1-3;1-2;;;/h1-4,9-10,20H,5-8H2;1-4,16-17H,5-8,15H2;1-4H,5-8H2;2-3,6H,1H2;1H3,(H,3,4);1H,(H3,2,3);1H;1H4;2*1H/p-1. The van der Waals surface area contributed by atoms with E-state index in [1.165, 1.54) is 12.5 Å². The van der Waals surface area contributed by atoms with Crippen LogP contribution < -0.4 is 29.4 Å².